The maximum absolute atomic E-state index is 9.48. The second-order valence-corrected chi connectivity index (χ2v) is 3.05. The lowest BCUT2D eigenvalue weighted by Crippen LogP contribution is -1.83. The van der Waals surface area contributed by atoms with E-state index in [4.69, 9.17) is 5.11 Å². The molecule has 2 N–H and O–H groups in total. The molecule has 2 aromatic rings. The first-order chi connectivity index (χ1) is 7.75. The fourth-order valence-electron chi connectivity index (χ4n) is 1.13. The Bertz CT molecular complexity index is 512. The van der Waals surface area contributed by atoms with E-state index in [1.165, 1.54) is 18.3 Å². The molecular formula is C11H9N3O2. The van der Waals surface area contributed by atoms with Crippen molar-refractivity contribution in [1.82, 2.24) is 9.97 Å². The van der Waals surface area contributed by atoms with Crippen LogP contribution in [0.15, 0.2) is 41.7 Å². The number of rotatable bonds is 2. The van der Waals surface area contributed by atoms with Crippen LogP contribution in [0.4, 0.5) is 5.95 Å². The predicted octanol–water partition coefficient (Wildman–Crippen LogP) is 1.64. The molecule has 0 bridgehead atoms. The molecule has 1 heterocycles. The van der Waals surface area contributed by atoms with Crippen LogP contribution in [0.5, 0.6) is 11.5 Å². The third-order valence-corrected chi connectivity index (χ3v) is 1.89. The maximum atomic E-state index is 9.48. The molecule has 80 valence electrons. The van der Waals surface area contributed by atoms with Crippen molar-refractivity contribution in [3.63, 3.8) is 0 Å². The summed E-state index contributed by atoms with van der Waals surface area (Å²) in [5.74, 6) is 0.278. The smallest absolute Gasteiger partial charge is 0.249 e. The zero-order valence-electron chi connectivity index (χ0n) is 8.28. The van der Waals surface area contributed by atoms with Crippen LogP contribution in [0.3, 0.4) is 0 Å². The van der Waals surface area contributed by atoms with E-state index < -0.39 is 0 Å². The Morgan fingerprint density at radius 2 is 1.88 bits per heavy atom. The fraction of sp³-hybridized carbons (Fsp3) is 0. The quantitative estimate of drug-likeness (QED) is 0.746. The predicted molar refractivity (Wildman–Crippen MR) is 59.1 cm³/mol. The number of aromatic nitrogens is 2. The highest BCUT2D eigenvalue weighted by atomic mass is 16.3. The Labute approximate surface area is 91.8 Å². The molecule has 0 unspecified atom stereocenters. The molecule has 0 saturated carbocycles. The zero-order chi connectivity index (χ0) is 11.4. The lowest BCUT2D eigenvalue weighted by molar-refractivity contribution is 0.450. The molecule has 16 heavy (non-hydrogen) atoms. The van der Waals surface area contributed by atoms with Crippen LogP contribution < -0.4 is 0 Å². The van der Waals surface area contributed by atoms with Gasteiger partial charge in [-0.05, 0) is 18.2 Å². The van der Waals surface area contributed by atoms with Gasteiger partial charge in [0.1, 0.15) is 11.5 Å². The molecule has 0 fully saturated rings. The van der Waals surface area contributed by atoms with Gasteiger partial charge in [0.2, 0.25) is 5.95 Å². The number of hydrogen-bond acceptors (Lipinski definition) is 5. The second kappa shape index (κ2) is 4.39. The average Bonchev–Trinajstić information content (AvgIpc) is 2.29. The zero-order valence-corrected chi connectivity index (χ0v) is 8.28. The normalized spacial score (nSPS) is 10.8. The van der Waals surface area contributed by atoms with E-state index in [-0.39, 0.29) is 11.5 Å². The summed E-state index contributed by atoms with van der Waals surface area (Å²) in [4.78, 5) is 11.8. The molecule has 2 rings (SSSR count). The highest BCUT2D eigenvalue weighted by Gasteiger charge is 1.99. The monoisotopic (exact) mass is 215 g/mol. The van der Waals surface area contributed by atoms with Crippen molar-refractivity contribution in [2.24, 2.45) is 4.99 Å². The van der Waals surface area contributed by atoms with Crippen molar-refractivity contribution >= 4 is 12.2 Å². The number of phenols is 2. The second-order valence-electron chi connectivity index (χ2n) is 3.05. The Hall–Kier alpha value is -2.43. The molecular weight excluding hydrogens is 206 g/mol. The molecule has 5 nitrogen and oxygen atoms in total. The van der Waals surface area contributed by atoms with Gasteiger partial charge < -0.3 is 10.2 Å². The summed E-state index contributed by atoms with van der Waals surface area (Å²) in [7, 11) is 0. The molecule has 0 aliphatic carbocycles. The lowest BCUT2D eigenvalue weighted by Gasteiger charge is -1.98. The van der Waals surface area contributed by atoms with Gasteiger partial charge in [0.05, 0.1) is 0 Å². The van der Waals surface area contributed by atoms with Crippen LogP contribution in [0.1, 0.15) is 5.56 Å². The molecule has 5 heteroatoms. The fourth-order valence-corrected chi connectivity index (χ4v) is 1.13. The summed E-state index contributed by atoms with van der Waals surface area (Å²) in [6, 6.07) is 5.95. The van der Waals surface area contributed by atoms with Gasteiger partial charge in [-0.2, -0.15) is 0 Å². The summed E-state index contributed by atoms with van der Waals surface area (Å²) in [6.07, 6.45) is 4.59. The van der Waals surface area contributed by atoms with Gasteiger partial charge in [-0.25, -0.2) is 15.0 Å². The van der Waals surface area contributed by atoms with Crippen molar-refractivity contribution in [3.8, 4) is 11.5 Å². The van der Waals surface area contributed by atoms with Crippen molar-refractivity contribution in [3.05, 3.63) is 42.2 Å². The van der Waals surface area contributed by atoms with E-state index in [0.717, 1.165) is 0 Å². The number of nitrogens with zero attached hydrogens (tertiary/aromatic N) is 3. The number of aliphatic imine (C=N–C) groups is 1. The first-order valence-corrected chi connectivity index (χ1v) is 4.59. The van der Waals surface area contributed by atoms with Crippen LogP contribution in [0.25, 0.3) is 0 Å². The van der Waals surface area contributed by atoms with Crippen molar-refractivity contribution < 1.29 is 10.2 Å². The first-order valence-electron chi connectivity index (χ1n) is 4.59. The van der Waals surface area contributed by atoms with Crippen LogP contribution in [0, 0.1) is 0 Å². The molecule has 0 aliphatic heterocycles. The van der Waals surface area contributed by atoms with Crippen molar-refractivity contribution in [1.29, 1.82) is 0 Å². The summed E-state index contributed by atoms with van der Waals surface area (Å²) in [5.41, 5.74) is 0.491. The van der Waals surface area contributed by atoms with Gasteiger partial charge in [0.15, 0.2) is 0 Å². The highest BCUT2D eigenvalue weighted by Crippen LogP contribution is 2.21. The minimum absolute atomic E-state index is 0.00520. The molecule has 0 spiro atoms. The van der Waals surface area contributed by atoms with E-state index in [0.29, 0.717) is 11.5 Å². The Balaban J connectivity index is 2.24. The SMILES string of the molecule is Oc1ccc(/C=N/c2ncccn2)c(O)c1. The minimum Gasteiger partial charge on any atom is -0.508 e. The van der Waals surface area contributed by atoms with E-state index in [1.54, 1.807) is 24.5 Å². The topological polar surface area (TPSA) is 78.6 Å². The van der Waals surface area contributed by atoms with Gasteiger partial charge in [-0.15, -0.1) is 0 Å². The maximum Gasteiger partial charge on any atom is 0.249 e. The summed E-state index contributed by atoms with van der Waals surface area (Å²) < 4.78 is 0. The van der Waals surface area contributed by atoms with Crippen LogP contribution in [-0.4, -0.2) is 26.4 Å². The summed E-state index contributed by atoms with van der Waals surface area (Å²) >= 11 is 0. The molecule has 1 aromatic carbocycles. The van der Waals surface area contributed by atoms with E-state index in [1.807, 2.05) is 0 Å². The number of phenolic OH excluding ortho intramolecular Hbond substituents is 2. The minimum atomic E-state index is -0.0420. The molecule has 0 saturated heterocycles. The van der Waals surface area contributed by atoms with E-state index in [9.17, 15) is 5.11 Å². The van der Waals surface area contributed by atoms with Crippen molar-refractivity contribution in [2.45, 2.75) is 0 Å². The number of hydrogen-bond donors (Lipinski definition) is 2. The average molecular weight is 215 g/mol. The summed E-state index contributed by atoms with van der Waals surface area (Å²) in [5, 5.41) is 18.6. The Morgan fingerprint density at radius 1 is 1.12 bits per heavy atom. The molecule has 0 radical (unpaired) electrons. The van der Waals surface area contributed by atoms with Crippen molar-refractivity contribution in [2.75, 3.05) is 0 Å². The number of benzene rings is 1. The highest BCUT2D eigenvalue weighted by molar-refractivity contribution is 5.84. The molecule has 1 aromatic heterocycles. The Kier molecular flexibility index (Phi) is 2.77. The third-order valence-electron chi connectivity index (χ3n) is 1.89. The van der Waals surface area contributed by atoms with Crippen LogP contribution >= 0.6 is 0 Å². The molecule has 0 amide bonds. The van der Waals surface area contributed by atoms with Gasteiger partial charge >= 0.3 is 0 Å². The molecule has 0 atom stereocenters. The largest absolute Gasteiger partial charge is 0.508 e. The van der Waals surface area contributed by atoms with E-state index >= 15 is 0 Å². The molecule has 0 aliphatic rings. The van der Waals surface area contributed by atoms with Crippen LogP contribution in [-0.2, 0) is 0 Å². The van der Waals surface area contributed by atoms with Crippen LogP contribution in [0.2, 0.25) is 0 Å². The van der Waals surface area contributed by atoms with Gasteiger partial charge in [0.25, 0.3) is 0 Å². The Morgan fingerprint density at radius 3 is 2.56 bits per heavy atom. The number of aromatic hydroxyl groups is 2. The third kappa shape index (κ3) is 2.33. The standard InChI is InChI=1S/C11H9N3O2/c15-9-3-2-8(10(16)6-9)7-14-11-12-4-1-5-13-11/h1-7,15-16H/b14-7+. The van der Waals surface area contributed by atoms with Gasteiger partial charge in [-0.1, -0.05) is 0 Å². The lowest BCUT2D eigenvalue weighted by atomic mass is 10.2. The van der Waals surface area contributed by atoms with Gasteiger partial charge in [0, 0.05) is 30.2 Å². The summed E-state index contributed by atoms with van der Waals surface area (Å²) in [6.45, 7) is 0. The van der Waals surface area contributed by atoms with E-state index in [2.05, 4.69) is 15.0 Å². The first kappa shape index (κ1) is 10.1. The van der Waals surface area contributed by atoms with Gasteiger partial charge in [-0.3, -0.25) is 0 Å².